The number of nitrogens with zero attached hydrogens (tertiary/aromatic N) is 5. The second-order valence-corrected chi connectivity index (χ2v) is 6.05. The van der Waals surface area contributed by atoms with Gasteiger partial charge in [-0.1, -0.05) is 6.92 Å². The average molecular weight is 323 g/mol. The highest BCUT2D eigenvalue weighted by Crippen LogP contribution is 2.30. The van der Waals surface area contributed by atoms with E-state index in [1.54, 1.807) is 18.5 Å². The Morgan fingerprint density at radius 2 is 2.17 bits per heavy atom. The Morgan fingerprint density at radius 1 is 1.25 bits per heavy atom. The van der Waals surface area contributed by atoms with Crippen molar-refractivity contribution in [2.24, 2.45) is 5.92 Å². The zero-order chi connectivity index (χ0) is 16.5. The first kappa shape index (κ1) is 14.6. The lowest BCUT2D eigenvalue weighted by molar-refractivity contribution is 0.474. The van der Waals surface area contributed by atoms with Crippen LogP contribution in [-0.2, 0) is 0 Å². The third-order valence-electron chi connectivity index (χ3n) is 4.19. The summed E-state index contributed by atoms with van der Waals surface area (Å²) < 4.78 is 5.21. The summed E-state index contributed by atoms with van der Waals surface area (Å²) in [6, 6.07) is 5.31. The molecular weight excluding hydrogens is 306 g/mol. The number of aromatic hydroxyl groups is 1. The number of anilines is 1. The maximum atomic E-state index is 10.2. The van der Waals surface area contributed by atoms with E-state index in [4.69, 9.17) is 4.42 Å². The van der Waals surface area contributed by atoms with Crippen molar-refractivity contribution in [3.8, 4) is 28.6 Å². The molecule has 0 spiro atoms. The number of pyridine rings is 1. The fraction of sp³-hybridized carbons (Fsp3) is 0.294. The highest BCUT2D eigenvalue weighted by Gasteiger charge is 2.20. The molecule has 4 heterocycles. The average Bonchev–Trinajstić information content (AvgIpc) is 3.27. The molecule has 1 N–H and O–H groups in total. The fourth-order valence-corrected chi connectivity index (χ4v) is 2.90. The van der Waals surface area contributed by atoms with E-state index in [0.29, 0.717) is 28.8 Å². The highest BCUT2D eigenvalue weighted by atomic mass is 16.3. The molecule has 1 aliphatic rings. The molecule has 0 bridgehead atoms. The van der Waals surface area contributed by atoms with E-state index in [-0.39, 0.29) is 5.75 Å². The molecule has 7 nitrogen and oxygen atoms in total. The van der Waals surface area contributed by atoms with E-state index in [2.05, 4.69) is 32.0 Å². The van der Waals surface area contributed by atoms with Crippen molar-refractivity contribution >= 4 is 5.82 Å². The summed E-state index contributed by atoms with van der Waals surface area (Å²) in [4.78, 5) is 10.5. The predicted molar refractivity (Wildman–Crippen MR) is 88.4 cm³/mol. The predicted octanol–water partition coefficient (Wildman–Crippen LogP) is 2.75. The van der Waals surface area contributed by atoms with Crippen molar-refractivity contribution in [1.82, 2.24) is 20.2 Å². The summed E-state index contributed by atoms with van der Waals surface area (Å²) in [7, 11) is 0. The van der Waals surface area contributed by atoms with E-state index in [9.17, 15) is 5.11 Å². The Kier molecular flexibility index (Phi) is 3.60. The molecular formula is C17H17N5O2. The molecule has 0 radical (unpaired) electrons. The van der Waals surface area contributed by atoms with Gasteiger partial charge in [0, 0.05) is 19.3 Å². The molecule has 24 heavy (non-hydrogen) atoms. The van der Waals surface area contributed by atoms with E-state index in [1.165, 1.54) is 12.7 Å². The second-order valence-electron chi connectivity index (χ2n) is 6.05. The molecule has 1 saturated heterocycles. The quantitative estimate of drug-likeness (QED) is 0.792. The molecule has 1 fully saturated rings. The molecule has 0 aromatic carbocycles. The van der Waals surface area contributed by atoms with Crippen LogP contribution in [-0.4, -0.2) is 38.4 Å². The topological polar surface area (TPSA) is 88.2 Å². The van der Waals surface area contributed by atoms with E-state index in [0.717, 1.165) is 18.9 Å². The van der Waals surface area contributed by atoms with Crippen LogP contribution in [0.1, 0.15) is 13.3 Å². The molecule has 0 aliphatic carbocycles. The van der Waals surface area contributed by atoms with Gasteiger partial charge in [0.15, 0.2) is 5.82 Å². The van der Waals surface area contributed by atoms with E-state index < -0.39 is 0 Å². The van der Waals surface area contributed by atoms with Gasteiger partial charge in [0.1, 0.15) is 23.4 Å². The van der Waals surface area contributed by atoms with Gasteiger partial charge < -0.3 is 14.4 Å². The van der Waals surface area contributed by atoms with Gasteiger partial charge in [-0.05, 0) is 30.5 Å². The third kappa shape index (κ3) is 2.68. The largest absolute Gasteiger partial charge is 0.506 e. The lowest BCUT2D eigenvalue weighted by Crippen LogP contribution is -2.20. The standard InChI is InChI=1S/C17H17N5O2/c1-11-4-6-22(10-11)15-3-2-13(20-21-15)16-14(23)8-12(9-19-16)17-18-5-7-24-17/h2-3,5,7-9,11,23H,4,6,10H2,1H3/t11-/m1/s1. The van der Waals surface area contributed by atoms with Gasteiger partial charge in [0.2, 0.25) is 5.89 Å². The molecule has 1 atom stereocenters. The van der Waals surface area contributed by atoms with Crippen LogP contribution in [0.15, 0.2) is 41.3 Å². The smallest absolute Gasteiger partial charge is 0.227 e. The molecule has 1 aliphatic heterocycles. The van der Waals surface area contributed by atoms with Gasteiger partial charge in [-0.15, -0.1) is 10.2 Å². The van der Waals surface area contributed by atoms with Crippen molar-refractivity contribution in [3.05, 3.63) is 36.9 Å². The zero-order valence-electron chi connectivity index (χ0n) is 13.3. The maximum Gasteiger partial charge on any atom is 0.227 e. The minimum atomic E-state index is 0.0162. The number of rotatable bonds is 3. The molecule has 3 aromatic rings. The van der Waals surface area contributed by atoms with Crippen LogP contribution in [0.4, 0.5) is 5.82 Å². The van der Waals surface area contributed by atoms with Gasteiger partial charge in [-0.25, -0.2) is 9.97 Å². The number of aromatic nitrogens is 4. The van der Waals surface area contributed by atoms with Crippen LogP contribution in [0.25, 0.3) is 22.8 Å². The Morgan fingerprint density at radius 3 is 2.79 bits per heavy atom. The highest BCUT2D eigenvalue weighted by molar-refractivity contribution is 5.67. The summed E-state index contributed by atoms with van der Waals surface area (Å²) in [6.07, 6.45) is 5.79. The third-order valence-corrected chi connectivity index (χ3v) is 4.19. The first-order chi connectivity index (χ1) is 11.7. The lowest BCUT2D eigenvalue weighted by Gasteiger charge is -2.16. The Hall–Kier alpha value is -2.96. The fourth-order valence-electron chi connectivity index (χ4n) is 2.90. The molecule has 122 valence electrons. The molecule has 3 aromatic heterocycles. The molecule has 7 heteroatoms. The van der Waals surface area contributed by atoms with Gasteiger partial charge in [0.05, 0.1) is 11.8 Å². The van der Waals surface area contributed by atoms with Gasteiger partial charge >= 0.3 is 0 Å². The van der Waals surface area contributed by atoms with Gasteiger partial charge in [-0.2, -0.15) is 0 Å². The van der Waals surface area contributed by atoms with Crippen molar-refractivity contribution in [1.29, 1.82) is 0 Å². The summed E-state index contributed by atoms with van der Waals surface area (Å²) in [5, 5.41) is 18.7. The molecule has 4 rings (SSSR count). The van der Waals surface area contributed by atoms with Crippen LogP contribution in [0.3, 0.4) is 0 Å². The summed E-state index contributed by atoms with van der Waals surface area (Å²) in [5.41, 5.74) is 1.53. The summed E-state index contributed by atoms with van der Waals surface area (Å²) in [5.74, 6) is 1.97. The number of oxazole rings is 1. The number of hydrogen-bond donors (Lipinski definition) is 1. The normalized spacial score (nSPS) is 17.4. The van der Waals surface area contributed by atoms with Crippen molar-refractivity contribution in [2.75, 3.05) is 18.0 Å². The summed E-state index contributed by atoms with van der Waals surface area (Å²) >= 11 is 0. The van der Waals surface area contributed by atoms with Gasteiger partial charge in [-0.3, -0.25) is 0 Å². The van der Waals surface area contributed by atoms with Crippen molar-refractivity contribution in [2.45, 2.75) is 13.3 Å². The lowest BCUT2D eigenvalue weighted by atomic mass is 10.2. The first-order valence-electron chi connectivity index (χ1n) is 7.88. The van der Waals surface area contributed by atoms with Crippen LogP contribution >= 0.6 is 0 Å². The van der Waals surface area contributed by atoms with Crippen LogP contribution in [0, 0.1) is 5.92 Å². The minimum absolute atomic E-state index is 0.0162. The molecule has 0 saturated carbocycles. The van der Waals surface area contributed by atoms with Crippen molar-refractivity contribution in [3.63, 3.8) is 0 Å². The molecule has 0 unspecified atom stereocenters. The first-order valence-corrected chi connectivity index (χ1v) is 7.88. The minimum Gasteiger partial charge on any atom is -0.506 e. The van der Waals surface area contributed by atoms with Crippen LogP contribution < -0.4 is 4.90 Å². The van der Waals surface area contributed by atoms with Crippen molar-refractivity contribution < 1.29 is 9.52 Å². The van der Waals surface area contributed by atoms with Crippen LogP contribution in [0.5, 0.6) is 5.75 Å². The SMILES string of the molecule is C[C@@H]1CCN(c2ccc(-c3ncc(-c4ncco4)cc3O)nn2)C1. The Bertz CT molecular complexity index is 833. The number of hydrogen-bond acceptors (Lipinski definition) is 7. The maximum absolute atomic E-state index is 10.2. The Labute approximate surface area is 139 Å². The van der Waals surface area contributed by atoms with Crippen LogP contribution in [0.2, 0.25) is 0 Å². The van der Waals surface area contributed by atoms with E-state index >= 15 is 0 Å². The monoisotopic (exact) mass is 323 g/mol. The zero-order valence-corrected chi connectivity index (χ0v) is 13.3. The van der Waals surface area contributed by atoms with Gasteiger partial charge in [0.25, 0.3) is 0 Å². The van der Waals surface area contributed by atoms with E-state index in [1.807, 2.05) is 12.1 Å². The second kappa shape index (κ2) is 5.92. The summed E-state index contributed by atoms with van der Waals surface area (Å²) in [6.45, 7) is 4.24. The Balaban J connectivity index is 1.59. The molecule has 0 amide bonds.